The number of nitrogens with zero attached hydrogens (tertiary/aromatic N) is 2. The van der Waals surface area contributed by atoms with Crippen LogP contribution in [0.1, 0.15) is 29.3 Å². The molecule has 1 aliphatic heterocycles. The molecule has 0 spiro atoms. The molecule has 2 aromatic rings. The number of rotatable bonds is 2. The number of nitro groups is 1. The number of amides is 1. The second kappa shape index (κ2) is 5.60. The summed E-state index contributed by atoms with van der Waals surface area (Å²) < 4.78 is 0. The highest BCUT2D eigenvalue weighted by atomic mass is 16.6. The summed E-state index contributed by atoms with van der Waals surface area (Å²) in [5.74, 6) is -0.313. The highest BCUT2D eigenvalue weighted by molar-refractivity contribution is 6.09. The molecular formula is C17H16N2O3. The van der Waals surface area contributed by atoms with Crippen molar-refractivity contribution in [1.82, 2.24) is 0 Å². The quantitative estimate of drug-likeness (QED) is 0.628. The number of nitro benzene ring substituents is 1. The number of fused-ring (bicyclic) bond motifs is 1. The lowest BCUT2D eigenvalue weighted by Crippen LogP contribution is -2.42. The molecule has 0 fully saturated rings. The molecule has 0 radical (unpaired) electrons. The summed E-state index contributed by atoms with van der Waals surface area (Å²) in [6.45, 7) is 1.97. The molecule has 0 bridgehead atoms. The second-order valence-corrected chi connectivity index (χ2v) is 5.47. The third-order valence-electron chi connectivity index (χ3n) is 4.07. The zero-order valence-electron chi connectivity index (χ0n) is 12.2. The Hall–Kier alpha value is -2.69. The molecule has 0 aliphatic carbocycles. The van der Waals surface area contributed by atoms with Gasteiger partial charge in [0.25, 0.3) is 11.6 Å². The van der Waals surface area contributed by atoms with Crippen LogP contribution in [-0.2, 0) is 6.42 Å². The predicted molar refractivity (Wildman–Crippen MR) is 84.1 cm³/mol. The van der Waals surface area contributed by atoms with E-state index >= 15 is 0 Å². The molecule has 0 N–H and O–H groups in total. The number of carbonyl (C=O) groups excluding carboxylic acids is 1. The van der Waals surface area contributed by atoms with Gasteiger partial charge in [-0.2, -0.15) is 0 Å². The molecule has 3 rings (SSSR count). The first-order valence-corrected chi connectivity index (χ1v) is 7.24. The van der Waals surface area contributed by atoms with Crippen molar-refractivity contribution in [3.05, 3.63) is 69.8 Å². The van der Waals surface area contributed by atoms with E-state index in [0.29, 0.717) is 0 Å². The van der Waals surface area contributed by atoms with Crippen LogP contribution < -0.4 is 4.90 Å². The monoisotopic (exact) mass is 296 g/mol. The zero-order chi connectivity index (χ0) is 15.7. The lowest BCUT2D eigenvalue weighted by molar-refractivity contribution is -0.385. The molecule has 0 saturated carbocycles. The van der Waals surface area contributed by atoms with Gasteiger partial charge in [0.15, 0.2) is 0 Å². The van der Waals surface area contributed by atoms with Gasteiger partial charge in [0.05, 0.1) is 4.92 Å². The van der Waals surface area contributed by atoms with E-state index in [1.165, 1.54) is 12.1 Å². The standard InChI is InChI=1S/C17H16N2O3/c1-12-10-11-13-6-2-4-8-15(13)18(12)17(20)14-7-3-5-9-16(14)19(21)22/h2-9,12H,10-11H2,1H3. The predicted octanol–water partition coefficient (Wildman–Crippen LogP) is 3.58. The Labute approximate surface area is 128 Å². The topological polar surface area (TPSA) is 63.5 Å². The summed E-state index contributed by atoms with van der Waals surface area (Å²) in [6, 6.07) is 13.9. The highest BCUT2D eigenvalue weighted by Crippen LogP contribution is 2.33. The van der Waals surface area contributed by atoms with Crippen molar-refractivity contribution in [3.63, 3.8) is 0 Å². The van der Waals surface area contributed by atoms with Gasteiger partial charge in [-0.05, 0) is 37.5 Å². The third kappa shape index (κ3) is 2.35. The number of hydrogen-bond acceptors (Lipinski definition) is 3. The van der Waals surface area contributed by atoms with Crippen molar-refractivity contribution in [2.24, 2.45) is 0 Å². The van der Waals surface area contributed by atoms with Crippen LogP contribution in [0.25, 0.3) is 0 Å². The highest BCUT2D eigenvalue weighted by Gasteiger charge is 2.32. The summed E-state index contributed by atoms with van der Waals surface area (Å²) in [6.07, 6.45) is 1.77. The summed E-state index contributed by atoms with van der Waals surface area (Å²) in [5, 5.41) is 11.2. The van der Waals surface area contributed by atoms with Gasteiger partial charge in [0, 0.05) is 17.8 Å². The van der Waals surface area contributed by atoms with E-state index in [9.17, 15) is 14.9 Å². The maximum Gasteiger partial charge on any atom is 0.282 e. The summed E-state index contributed by atoms with van der Waals surface area (Å²) in [5.41, 5.74) is 1.94. The molecule has 22 heavy (non-hydrogen) atoms. The van der Waals surface area contributed by atoms with E-state index in [2.05, 4.69) is 0 Å². The maximum absolute atomic E-state index is 12.9. The Morgan fingerprint density at radius 1 is 1.18 bits per heavy atom. The van der Waals surface area contributed by atoms with Gasteiger partial charge < -0.3 is 4.90 Å². The largest absolute Gasteiger partial charge is 0.305 e. The van der Waals surface area contributed by atoms with Crippen molar-refractivity contribution < 1.29 is 9.72 Å². The molecule has 5 nitrogen and oxygen atoms in total. The first-order chi connectivity index (χ1) is 10.6. The van der Waals surface area contributed by atoms with Crippen molar-refractivity contribution in [3.8, 4) is 0 Å². The molecule has 1 unspecified atom stereocenters. The van der Waals surface area contributed by atoms with Crippen molar-refractivity contribution in [2.75, 3.05) is 4.90 Å². The Balaban J connectivity index is 2.08. The van der Waals surface area contributed by atoms with Crippen molar-refractivity contribution in [2.45, 2.75) is 25.8 Å². The van der Waals surface area contributed by atoms with Crippen molar-refractivity contribution in [1.29, 1.82) is 0 Å². The molecule has 1 aliphatic rings. The van der Waals surface area contributed by atoms with E-state index in [-0.39, 0.29) is 23.2 Å². The summed E-state index contributed by atoms with van der Waals surface area (Å²) >= 11 is 0. The number of benzene rings is 2. The van der Waals surface area contributed by atoms with Crippen LogP contribution in [0.5, 0.6) is 0 Å². The van der Waals surface area contributed by atoms with Gasteiger partial charge >= 0.3 is 0 Å². The van der Waals surface area contributed by atoms with Gasteiger partial charge in [-0.1, -0.05) is 30.3 Å². The van der Waals surface area contributed by atoms with E-state index in [1.54, 1.807) is 17.0 Å². The van der Waals surface area contributed by atoms with Crippen LogP contribution in [-0.4, -0.2) is 16.9 Å². The molecule has 112 valence electrons. The lowest BCUT2D eigenvalue weighted by atomic mass is 9.95. The number of aryl methyl sites for hydroxylation is 1. The maximum atomic E-state index is 12.9. The second-order valence-electron chi connectivity index (χ2n) is 5.47. The van der Waals surface area contributed by atoms with Crippen LogP contribution in [0.15, 0.2) is 48.5 Å². The van der Waals surface area contributed by atoms with Crippen LogP contribution >= 0.6 is 0 Å². The van der Waals surface area contributed by atoms with Gasteiger partial charge in [0.1, 0.15) is 5.56 Å². The lowest BCUT2D eigenvalue weighted by Gasteiger charge is -2.35. The fourth-order valence-corrected chi connectivity index (χ4v) is 2.94. The van der Waals surface area contributed by atoms with Crippen LogP contribution in [0.3, 0.4) is 0 Å². The minimum Gasteiger partial charge on any atom is -0.305 e. The molecule has 0 aromatic heterocycles. The van der Waals surface area contributed by atoms with Gasteiger partial charge in [-0.25, -0.2) is 0 Å². The average molecular weight is 296 g/mol. The number of para-hydroxylation sites is 2. The molecule has 1 heterocycles. The van der Waals surface area contributed by atoms with E-state index in [0.717, 1.165) is 24.1 Å². The SMILES string of the molecule is CC1CCc2ccccc2N1C(=O)c1ccccc1[N+](=O)[O-]. The normalized spacial score (nSPS) is 17.0. The number of anilines is 1. The van der Waals surface area contributed by atoms with Crippen LogP contribution in [0.2, 0.25) is 0 Å². The van der Waals surface area contributed by atoms with Gasteiger partial charge in [0.2, 0.25) is 0 Å². The summed E-state index contributed by atoms with van der Waals surface area (Å²) in [7, 11) is 0. The minimum absolute atomic E-state index is 0.0159. The van der Waals surface area contributed by atoms with Crippen molar-refractivity contribution >= 4 is 17.3 Å². The molecule has 0 saturated heterocycles. The van der Waals surface area contributed by atoms with Crippen LogP contribution in [0, 0.1) is 10.1 Å². The van der Waals surface area contributed by atoms with Crippen LogP contribution in [0.4, 0.5) is 11.4 Å². The Kier molecular flexibility index (Phi) is 3.63. The van der Waals surface area contributed by atoms with Gasteiger partial charge in [-0.15, -0.1) is 0 Å². The Morgan fingerprint density at radius 3 is 2.64 bits per heavy atom. The number of hydrogen-bond donors (Lipinski definition) is 0. The molecular weight excluding hydrogens is 280 g/mol. The molecule has 2 aromatic carbocycles. The van der Waals surface area contributed by atoms with E-state index in [4.69, 9.17) is 0 Å². The fourth-order valence-electron chi connectivity index (χ4n) is 2.94. The van der Waals surface area contributed by atoms with E-state index < -0.39 is 4.92 Å². The average Bonchev–Trinajstić information content (AvgIpc) is 2.54. The molecule has 1 atom stereocenters. The van der Waals surface area contributed by atoms with E-state index in [1.807, 2.05) is 31.2 Å². The molecule has 1 amide bonds. The third-order valence-corrected chi connectivity index (χ3v) is 4.07. The smallest absolute Gasteiger partial charge is 0.282 e. The first-order valence-electron chi connectivity index (χ1n) is 7.24. The summed E-state index contributed by atoms with van der Waals surface area (Å²) in [4.78, 5) is 25.3. The first kappa shape index (κ1) is 14.3. The molecule has 5 heteroatoms. The Bertz CT molecular complexity index is 742. The fraction of sp³-hybridized carbons (Fsp3) is 0.235. The Morgan fingerprint density at radius 2 is 1.86 bits per heavy atom. The number of carbonyl (C=O) groups is 1. The minimum atomic E-state index is -0.506. The van der Waals surface area contributed by atoms with Gasteiger partial charge in [-0.3, -0.25) is 14.9 Å². The zero-order valence-corrected chi connectivity index (χ0v) is 12.2.